The first-order valence-corrected chi connectivity index (χ1v) is 7.38. The van der Waals surface area contributed by atoms with Crippen molar-refractivity contribution in [1.82, 2.24) is 5.32 Å². The number of methoxy groups -OCH3 is 1. The van der Waals surface area contributed by atoms with Gasteiger partial charge in [-0.25, -0.2) is 4.79 Å². The third-order valence-electron chi connectivity index (χ3n) is 3.58. The first kappa shape index (κ1) is 17.8. The quantitative estimate of drug-likeness (QED) is 0.719. The van der Waals surface area contributed by atoms with Crippen LogP contribution in [-0.2, 0) is 14.3 Å². The number of alkyl carbamates (subject to hydrolysis) is 1. The summed E-state index contributed by atoms with van der Waals surface area (Å²) in [5.74, 6) is -0.444. The number of rotatable bonds is 8. The summed E-state index contributed by atoms with van der Waals surface area (Å²) in [4.78, 5) is 23.5. The second-order valence-corrected chi connectivity index (χ2v) is 6.83. The van der Waals surface area contributed by atoms with E-state index in [-0.39, 0.29) is 6.54 Å². The van der Waals surface area contributed by atoms with E-state index in [1.807, 2.05) is 0 Å². The van der Waals surface area contributed by atoms with E-state index < -0.39 is 23.1 Å². The van der Waals surface area contributed by atoms with Gasteiger partial charge < -0.3 is 19.9 Å². The molecule has 0 radical (unpaired) electrons. The van der Waals surface area contributed by atoms with Gasteiger partial charge >= 0.3 is 12.1 Å². The third kappa shape index (κ3) is 6.33. The molecular formula is C15H27NO5. The van der Waals surface area contributed by atoms with Gasteiger partial charge in [0.15, 0.2) is 0 Å². The van der Waals surface area contributed by atoms with Crippen LogP contribution in [0.5, 0.6) is 0 Å². The lowest BCUT2D eigenvalue weighted by molar-refractivity contribution is -0.150. The van der Waals surface area contributed by atoms with Crippen LogP contribution >= 0.6 is 0 Å². The summed E-state index contributed by atoms with van der Waals surface area (Å²) in [6.45, 7) is 5.73. The molecular weight excluding hydrogens is 274 g/mol. The third-order valence-corrected chi connectivity index (χ3v) is 3.58. The molecule has 6 heteroatoms. The van der Waals surface area contributed by atoms with Gasteiger partial charge in [0.2, 0.25) is 0 Å². The number of nitrogens with one attached hydrogen (secondary N) is 1. The topological polar surface area (TPSA) is 84.9 Å². The monoisotopic (exact) mass is 301 g/mol. The van der Waals surface area contributed by atoms with E-state index in [0.717, 1.165) is 12.8 Å². The zero-order valence-corrected chi connectivity index (χ0v) is 13.4. The Morgan fingerprint density at radius 1 is 1.29 bits per heavy atom. The Labute approximate surface area is 126 Å². The van der Waals surface area contributed by atoms with Crippen molar-refractivity contribution in [1.29, 1.82) is 0 Å². The minimum atomic E-state index is -0.978. The van der Waals surface area contributed by atoms with Crippen LogP contribution < -0.4 is 5.32 Å². The maximum absolute atomic E-state index is 11.7. The summed E-state index contributed by atoms with van der Waals surface area (Å²) < 4.78 is 10.2. The van der Waals surface area contributed by atoms with Gasteiger partial charge in [-0.2, -0.15) is 0 Å². The number of amides is 1. The van der Waals surface area contributed by atoms with Gasteiger partial charge in [0, 0.05) is 20.3 Å². The van der Waals surface area contributed by atoms with Crippen LogP contribution in [-0.4, -0.2) is 43.0 Å². The number of hydrogen-bond donors (Lipinski definition) is 2. The smallest absolute Gasteiger partial charge is 0.407 e. The number of carbonyl (C=O) groups is 2. The molecule has 0 aromatic rings. The van der Waals surface area contributed by atoms with Gasteiger partial charge in [-0.15, -0.1) is 0 Å². The average molecular weight is 301 g/mol. The van der Waals surface area contributed by atoms with Crippen molar-refractivity contribution >= 4 is 12.1 Å². The molecule has 1 fully saturated rings. The first-order chi connectivity index (χ1) is 9.68. The minimum Gasteiger partial charge on any atom is -0.481 e. The SMILES string of the molecule is COCCC(CNC(=O)OC(C)(C)C)(CC1CC1)C(=O)O. The zero-order chi connectivity index (χ0) is 16.1. The van der Waals surface area contributed by atoms with E-state index in [2.05, 4.69) is 5.32 Å². The van der Waals surface area contributed by atoms with Crippen molar-refractivity contribution in [3.05, 3.63) is 0 Å². The molecule has 6 nitrogen and oxygen atoms in total. The fraction of sp³-hybridized carbons (Fsp3) is 0.867. The molecule has 1 aliphatic carbocycles. The van der Waals surface area contributed by atoms with Crippen LogP contribution in [0.2, 0.25) is 0 Å². The van der Waals surface area contributed by atoms with E-state index in [1.165, 1.54) is 0 Å². The van der Waals surface area contributed by atoms with Crippen molar-refractivity contribution in [3.63, 3.8) is 0 Å². The molecule has 0 aliphatic heterocycles. The number of carboxylic acids is 1. The van der Waals surface area contributed by atoms with Gasteiger partial charge in [-0.1, -0.05) is 12.8 Å². The maximum Gasteiger partial charge on any atom is 0.407 e. The van der Waals surface area contributed by atoms with E-state index in [9.17, 15) is 14.7 Å². The number of aliphatic carboxylic acids is 1. The molecule has 2 N–H and O–H groups in total. The lowest BCUT2D eigenvalue weighted by atomic mass is 9.79. The average Bonchev–Trinajstić information content (AvgIpc) is 3.14. The van der Waals surface area contributed by atoms with Crippen LogP contribution in [0.1, 0.15) is 46.5 Å². The Bertz CT molecular complexity index is 373. The highest BCUT2D eigenvalue weighted by molar-refractivity contribution is 5.76. The fourth-order valence-corrected chi connectivity index (χ4v) is 2.26. The van der Waals surface area contributed by atoms with E-state index >= 15 is 0 Å². The molecule has 1 amide bonds. The van der Waals surface area contributed by atoms with Gasteiger partial charge in [-0.05, 0) is 39.5 Å². The Hall–Kier alpha value is -1.30. The summed E-state index contributed by atoms with van der Waals surface area (Å²) >= 11 is 0. The molecule has 0 saturated heterocycles. The second-order valence-electron chi connectivity index (χ2n) is 6.83. The lowest BCUT2D eigenvalue weighted by Crippen LogP contribution is -2.45. The lowest BCUT2D eigenvalue weighted by Gasteiger charge is -2.30. The van der Waals surface area contributed by atoms with Gasteiger partial charge in [0.25, 0.3) is 0 Å². The highest BCUT2D eigenvalue weighted by Gasteiger charge is 2.43. The largest absolute Gasteiger partial charge is 0.481 e. The summed E-state index contributed by atoms with van der Waals surface area (Å²) in [6.07, 6.45) is 2.50. The summed E-state index contributed by atoms with van der Waals surface area (Å²) in [5.41, 5.74) is -1.58. The molecule has 0 aromatic carbocycles. The summed E-state index contributed by atoms with van der Waals surface area (Å²) in [7, 11) is 1.55. The van der Waals surface area contributed by atoms with Gasteiger partial charge in [-0.3, -0.25) is 4.79 Å². The summed E-state index contributed by atoms with van der Waals surface area (Å²) in [5, 5.41) is 12.2. The molecule has 1 unspecified atom stereocenters. The highest BCUT2D eigenvalue weighted by Crippen LogP contribution is 2.42. The Kier molecular flexibility index (Phi) is 6.01. The van der Waals surface area contributed by atoms with Crippen LogP contribution in [0.25, 0.3) is 0 Å². The Morgan fingerprint density at radius 2 is 1.90 bits per heavy atom. The summed E-state index contributed by atoms with van der Waals surface area (Å²) in [6, 6.07) is 0. The molecule has 1 saturated carbocycles. The zero-order valence-electron chi connectivity index (χ0n) is 13.4. The molecule has 0 spiro atoms. The molecule has 0 heterocycles. The van der Waals surface area contributed by atoms with Crippen LogP contribution in [0.15, 0.2) is 0 Å². The highest BCUT2D eigenvalue weighted by atomic mass is 16.6. The van der Waals surface area contributed by atoms with Crippen molar-refractivity contribution < 1.29 is 24.2 Å². The molecule has 1 aliphatic rings. The number of carbonyl (C=O) groups excluding carboxylic acids is 1. The van der Waals surface area contributed by atoms with Gasteiger partial charge in [0.05, 0.1) is 5.41 Å². The molecule has 122 valence electrons. The molecule has 0 bridgehead atoms. The van der Waals surface area contributed by atoms with Crippen molar-refractivity contribution in [2.75, 3.05) is 20.3 Å². The van der Waals surface area contributed by atoms with Crippen molar-refractivity contribution in [2.24, 2.45) is 11.3 Å². The normalized spacial score (nSPS) is 17.9. The Balaban J connectivity index is 2.66. The van der Waals surface area contributed by atoms with Crippen LogP contribution in [0.4, 0.5) is 4.79 Å². The second kappa shape index (κ2) is 7.11. The number of ether oxygens (including phenoxy) is 2. The first-order valence-electron chi connectivity index (χ1n) is 7.38. The predicted octanol–water partition coefficient (Wildman–Crippen LogP) is 2.42. The minimum absolute atomic E-state index is 0.0666. The van der Waals surface area contributed by atoms with E-state index in [4.69, 9.17) is 9.47 Å². The van der Waals surface area contributed by atoms with Crippen molar-refractivity contribution in [3.8, 4) is 0 Å². The van der Waals surface area contributed by atoms with Crippen LogP contribution in [0.3, 0.4) is 0 Å². The Morgan fingerprint density at radius 3 is 2.33 bits per heavy atom. The molecule has 1 atom stereocenters. The molecule has 21 heavy (non-hydrogen) atoms. The maximum atomic E-state index is 11.7. The van der Waals surface area contributed by atoms with E-state index in [0.29, 0.717) is 25.4 Å². The van der Waals surface area contributed by atoms with Crippen molar-refractivity contribution in [2.45, 2.75) is 52.1 Å². The number of carboxylic acid groups (broad SMARTS) is 1. The number of hydrogen-bond acceptors (Lipinski definition) is 4. The predicted molar refractivity (Wildman–Crippen MR) is 78.1 cm³/mol. The van der Waals surface area contributed by atoms with Gasteiger partial charge in [0.1, 0.15) is 5.60 Å². The standard InChI is InChI=1S/C15H27NO5/c1-14(2,3)21-13(19)16-10-15(12(17)18,7-8-20-4)9-11-5-6-11/h11H,5-10H2,1-4H3,(H,16,19)(H,17,18). The molecule has 1 rings (SSSR count). The molecule has 0 aromatic heterocycles. The van der Waals surface area contributed by atoms with E-state index in [1.54, 1.807) is 27.9 Å². The van der Waals surface area contributed by atoms with Crippen LogP contribution in [0, 0.1) is 11.3 Å². The fourth-order valence-electron chi connectivity index (χ4n) is 2.26.